The Balaban J connectivity index is 2.58. The first-order chi connectivity index (χ1) is 5.69. The lowest BCUT2D eigenvalue weighted by Crippen LogP contribution is -2.53. The molecule has 0 aromatic carbocycles. The van der Waals surface area contributed by atoms with E-state index in [1.165, 1.54) is 0 Å². The van der Waals surface area contributed by atoms with Crippen LogP contribution in [0.4, 0.5) is 0 Å². The Labute approximate surface area is 74.5 Å². The highest BCUT2D eigenvalue weighted by atomic mass is 15.0. The molecule has 0 spiro atoms. The molecule has 2 nitrogen and oxygen atoms in total. The van der Waals surface area contributed by atoms with Crippen LogP contribution in [0.5, 0.6) is 0 Å². The highest BCUT2D eigenvalue weighted by molar-refractivity contribution is 5.21. The molecule has 1 rings (SSSR count). The van der Waals surface area contributed by atoms with Gasteiger partial charge in [-0.05, 0) is 25.6 Å². The molecule has 0 aromatic heterocycles. The van der Waals surface area contributed by atoms with Crippen LogP contribution >= 0.6 is 0 Å². The fourth-order valence-electron chi connectivity index (χ4n) is 1.43. The van der Waals surface area contributed by atoms with Crippen LogP contribution in [-0.2, 0) is 0 Å². The van der Waals surface area contributed by atoms with Crippen LogP contribution in [0.3, 0.4) is 0 Å². The van der Waals surface area contributed by atoms with Crippen molar-refractivity contribution in [3.8, 4) is 0 Å². The van der Waals surface area contributed by atoms with Crippen molar-refractivity contribution < 1.29 is 0 Å². The average molecular weight is 166 g/mol. The number of rotatable bonds is 3. The lowest BCUT2D eigenvalue weighted by Gasteiger charge is -2.34. The van der Waals surface area contributed by atoms with E-state index in [4.69, 9.17) is 5.73 Å². The number of hydrogen-bond acceptors (Lipinski definition) is 2. The molecule has 0 saturated carbocycles. The second-order valence-corrected chi connectivity index (χ2v) is 3.54. The summed E-state index contributed by atoms with van der Waals surface area (Å²) < 4.78 is 0. The van der Waals surface area contributed by atoms with Crippen molar-refractivity contribution in [1.82, 2.24) is 5.32 Å². The molecule has 2 unspecified atom stereocenters. The largest absolute Gasteiger partial charge is 0.381 e. The normalized spacial score (nSPS) is 29.9. The van der Waals surface area contributed by atoms with Crippen LogP contribution in [0, 0.1) is 0 Å². The van der Waals surface area contributed by atoms with E-state index in [0.717, 1.165) is 12.8 Å². The maximum absolute atomic E-state index is 6.05. The quantitative estimate of drug-likeness (QED) is 0.667. The van der Waals surface area contributed by atoms with Gasteiger partial charge in [0.1, 0.15) is 0 Å². The van der Waals surface area contributed by atoms with Gasteiger partial charge in [0.25, 0.3) is 0 Å². The summed E-state index contributed by atoms with van der Waals surface area (Å²) in [4.78, 5) is 0. The van der Waals surface area contributed by atoms with E-state index in [-0.39, 0.29) is 11.6 Å². The summed E-state index contributed by atoms with van der Waals surface area (Å²) in [6, 6.07) is 0.198. The summed E-state index contributed by atoms with van der Waals surface area (Å²) in [6.07, 6.45) is 10.3. The molecule has 0 radical (unpaired) electrons. The standard InChI is InChI=1S/C10H18N2/c1-3-6-9(11)10(2)7-4-5-8-12-10/h4-5,7-9,12H,3,6,11H2,1-2H3. The Bertz CT molecular complexity index is 196. The van der Waals surface area contributed by atoms with Gasteiger partial charge in [-0.3, -0.25) is 0 Å². The number of hydrogen-bond donors (Lipinski definition) is 2. The Morgan fingerprint density at radius 1 is 1.50 bits per heavy atom. The highest BCUT2D eigenvalue weighted by Gasteiger charge is 2.27. The van der Waals surface area contributed by atoms with Gasteiger partial charge >= 0.3 is 0 Å². The van der Waals surface area contributed by atoms with Gasteiger partial charge < -0.3 is 11.1 Å². The molecule has 0 aliphatic carbocycles. The summed E-state index contributed by atoms with van der Waals surface area (Å²) >= 11 is 0. The molecule has 0 bridgehead atoms. The molecule has 0 fully saturated rings. The first-order valence-corrected chi connectivity index (χ1v) is 4.56. The van der Waals surface area contributed by atoms with Crippen molar-refractivity contribution in [1.29, 1.82) is 0 Å². The number of dihydropyridines is 1. The van der Waals surface area contributed by atoms with Crippen LogP contribution < -0.4 is 11.1 Å². The second kappa shape index (κ2) is 3.76. The molecule has 2 atom stereocenters. The lowest BCUT2D eigenvalue weighted by molar-refractivity contribution is 0.376. The Hall–Kier alpha value is -0.760. The SMILES string of the molecule is CCCC(N)C1(C)C=CC=CN1. The van der Waals surface area contributed by atoms with E-state index < -0.39 is 0 Å². The predicted molar refractivity (Wildman–Crippen MR) is 52.7 cm³/mol. The molecule has 3 N–H and O–H groups in total. The van der Waals surface area contributed by atoms with Gasteiger partial charge in [0, 0.05) is 6.04 Å². The van der Waals surface area contributed by atoms with E-state index in [1.54, 1.807) is 0 Å². The van der Waals surface area contributed by atoms with Crippen molar-refractivity contribution in [2.24, 2.45) is 5.73 Å². The fourth-order valence-corrected chi connectivity index (χ4v) is 1.43. The number of allylic oxidation sites excluding steroid dienone is 2. The van der Waals surface area contributed by atoms with Gasteiger partial charge in [-0.15, -0.1) is 0 Å². The zero-order valence-corrected chi connectivity index (χ0v) is 7.88. The van der Waals surface area contributed by atoms with Crippen LogP contribution in [0.15, 0.2) is 24.4 Å². The van der Waals surface area contributed by atoms with Crippen molar-refractivity contribution in [3.63, 3.8) is 0 Å². The summed E-state index contributed by atoms with van der Waals surface area (Å²) in [7, 11) is 0. The van der Waals surface area contributed by atoms with Crippen LogP contribution in [-0.4, -0.2) is 11.6 Å². The summed E-state index contributed by atoms with van der Waals surface area (Å²) in [5.74, 6) is 0. The van der Waals surface area contributed by atoms with Gasteiger partial charge in [0.15, 0.2) is 0 Å². The molecule has 12 heavy (non-hydrogen) atoms. The monoisotopic (exact) mass is 166 g/mol. The minimum absolute atomic E-state index is 0.0508. The molecule has 68 valence electrons. The van der Waals surface area contributed by atoms with E-state index in [2.05, 4.69) is 25.2 Å². The minimum Gasteiger partial charge on any atom is -0.381 e. The highest BCUT2D eigenvalue weighted by Crippen LogP contribution is 2.16. The third kappa shape index (κ3) is 1.89. The first kappa shape index (κ1) is 9.33. The van der Waals surface area contributed by atoms with Gasteiger partial charge in [0.2, 0.25) is 0 Å². The Kier molecular flexibility index (Phi) is 2.93. The van der Waals surface area contributed by atoms with Crippen LogP contribution in [0.1, 0.15) is 26.7 Å². The van der Waals surface area contributed by atoms with Gasteiger partial charge in [-0.2, -0.15) is 0 Å². The van der Waals surface area contributed by atoms with Gasteiger partial charge in [-0.25, -0.2) is 0 Å². The van der Waals surface area contributed by atoms with Crippen LogP contribution in [0.25, 0.3) is 0 Å². The van der Waals surface area contributed by atoms with E-state index >= 15 is 0 Å². The Morgan fingerprint density at radius 3 is 2.75 bits per heavy atom. The third-order valence-electron chi connectivity index (χ3n) is 2.41. The molecule has 1 heterocycles. The van der Waals surface area contributed by atoms with Crippen molar-refractivity contribution in [3.05, 3.63) is 24.4 Å². The van der Waals surface area contributed by atoms with Crippen molar-refractivity contribution in [2.45, 2.75) is 38.3 Å². The number of nitrogens with one attached hydrogen (secondary N) is 1. The van der Waals surface area contributed by atoms with Crippen molar-refractivity contribution in [2.75, 3.05) is 0 Å². The average Bonchev–Trinajstić information content (AvgIpc) is 2.06. The van der Waals surface area contributed by atoms with E-state index in [9.17, 15) is 0 Å². The lowest BCUT2D eigenvalue weighted by atomic mass is 9.88. The molecule has 0 aromatic rings. The maximum Gasteiger partial charge on any atom is 0.0676 e. The smallest absolute Gasteiger partial charge is 0.0676 e. The van der Waals surface area contributed by atoms with Crippen LogP contribution in [0.2, 0.25) is 0 Å². The summed E-state index contributed by atoms with van der Waals surface area (Å²) in [5.41, 5.74) is 5.99. The third-order valence-corrected chi connectivity index (χ3v) is 2.41. The van der Waals surface area contributed by atoms with Gasteiger partial charge in [0.05, 0.1) is 5.54 Å². The van der Waals surface area contributed by atoms with E-state index in [0.29, 0.717) is 0 Å². The van der Waals surface area contributed by atoms with Gasteiger partial charge in [-0.1, -0.05) is 25.5 Å². The van der Waals surface area contributed by atoms with Crippen molar-refractivity contribution >= 4 is 0 Å². The zero-order chi connectivity index (χ0) is 9.03. The molecule has 0 saturated heterocycles. The molecule has 0 amide bonds. The fraction of sp³-hybridized carbons (Fsp3) is 0.600. The summed E-state index contributed by atoms with van der Waals surface area (Å²) in [5, 5.41) is 3.29. The molecule has 2 heteroatoms. The van der Waals surface area contributed by atoms with E-state index in [1.807, 2.05) is 18.4 Å². The number of nitrogens with two attached hydrogens (primary N) is 1. The first-order valence-electron chi connectivity index (χ1n) is 4.56. The summed E-state index contributed by atoms with van der Waals surface area (Å²) in [6.45, 7) is 4.29. The Morgan fingerprint density at radius 2 is 2.25 bits per heavy atom. The maximum atomic E-state index is 6.05. The zero-order valence-electron chi connectivity index (χ0n) is 7.88. The molecular formula is C10H18N2. The minimum atomic E-state index is -0.0508. The molecular weight excluding hydrogens is 148 g/mol. The molecule has 1 aliphatic heterocycles. The second-order valence-electron chi connectivity index (χ2n) is 3.54. The predicted octanol–water partition coefficient (Wildman–Crippen LogP) is 1.55. The topological polar surface area (TPSA) is 38.0 Å². The molecule has 1 aliphatic rings.